The number of rotatable bonds is 2. The summed E-state index contributed by atoms with van der Waals surface area (Å²) in [6.45, 7) is 3.76. The van der Waals surface area contributed by atoms with Gasteiger partial charge in [0.15, 0.2) is 0 Å². The predicted molar refractivity (Wildman–Crippen MR) is 129 cm³/mol. The SMILES string of the molecule is Cc1cc(C)cc(N2C(=O)[C@H]3[C@@H](C2=O)C2(O[C@H]3c3ccc(Cl)cc3)C(=O)c3ccccc3C2=O)c1. The predicted octanol–water partition coefficient (Wildman–Crippen LogP) is 4.65. The molecule has 174 valence electrons. The van der Waals surface area contributed by atoms with Crippen molar-refractivity contribution < 1.29 is 23.9 Å². The van der Waals surface area contributed by atoms with Crippen LogP contribution in [0.3, 0.4) is 0 Å². The van der Waals surface area contributed by atoms with Gasteiger partial charge in [0.2, 0.25) is 29.0 Å². The lowest BCUT2D eigenvalue weighted by atomic mass is 9.77. The summed E-state index contributed by atoms with van der Waals surface area (Å²) in [4.78, 5) is 56.5. The maximum absolute atomic E-state index is 14.0. The molecule has 2 saturated heterocycles. The van der Waals surface area contributed by atoms with E-state index >= 15 is 0 Å². The second-order valence-electron chi connectivity index (χ2n) is 9.39. The molecule has 0 saturated carbocycles. The molecule has 3 aliphatic rings. The number of halogens is 1. The molecule has 1 spiro atoms. The van der Waals surface area contributed by atoms with Crippen LogP contribution in [0.1, 0.15) is 43.5 Å². The van der Waals surface area contributed by atoms with Gasteiger partial charge in [-0.05, 0) is 54.8 Å². The van der Waals surface area contributed by atoms with E-state index in [1.54, 1.807) is 60.7 Å². The molecule has 0 radical (unpaired) electrons. The van der Waals surface area contributed by atoms with Gasteiger partial charge in [-0.25, -0.2) is 4.90 Å². The lowest BCUT2D eigenvalue weighted by molar-refractivity contribution is -0.127. The van der Waals surface area contributed by atoms with Gasteiger partial charge >= 0.3 is 0 Å². The van der Waals surface area contributed by atoms with E-state index in [4.69, 9.17) is 16.3 Å². The van der Waals surface area contributed by atoms with Crippen LogP contribution in [0.5, 0.6) is 0 Å². The van der Waals surface area contributed by atoms with E-state index in [-0.39, 0.29) is 11.1 Å². The lowest BCUT2D eigenvalue weighted by Crippen LogP contribution is -2.51. The molecule has 3 atom stereocenters. The maximum atomic E-state index is 14.0. The molecule has 3 aromatic rings. The van der Waals surface area contributed by atoms with Crippen LogP contribution < -0.4 is 4.90 Å². The second-order valence-corrected chi connectivity index (χ2v) is 9.83. The monoisotopic (exact) mass is 485 g/mol. The largest absolute Gasteiger partial charge is 0.349 e. The zero-order valence-corrected chi connectivity index (χ0v) is 19.7. The molecule has 2 amide bonds. The highest BCUT2D eigenvalue weighted by molar-refractivity contribution is 6.37. The van der Waals surface area contributed by atoms with Crippen molar-refractivity contribution in [2.24, 2.45) is 11.8 Å². The third-order valence-corrected chi connectivity index (χ3v) is 7.43. The summed E-state index contributed by atoms with van der Waals surface area (Å²) in [6.07, 6.45) is -0.966. The fourth-order valence-corrected chi connectivity index (χ4v) is 5.93. The Bertz CT molecular complexity index is 1410. The summed E-state index contributed by atoms with van der Waals surface area (Å²) >= 11 is 6.06. The van der Waals surface area contributed by atoms with Crippen LogP contribution in [-0.4, -0.2) is 29.0 Å². The van der Waals surface area contributed by atoms with Crippen molar-refractivity contribution in [2.75, 3.05) is 4.90 Å². The second kappa shape index (κ2) is 7.44. The summed E-state index contributed by atoms with van der Waals surface area (Å²) in [6, 6.07) is 18.6. The molecule has 6 rings (SSSR count). The highest BCUT2D eigenvalue weighted by Crippen LogP contribution is 2.57. The summed E-state index contributed by atoms with van der Waals surface area (Å²) in [7, 11) is 0. The number of fused-ring (bicyclic) bond motifs is 3. The molecule has 0 aromatic heterocycles. The number of amides is 2. The minimum absolute atomic E-state index is 0.207. The number of hydrogen-bond acceptors (Lipinski definition) is 5. The van der Waals surface area contributed by atoms with E-state index in [0.29, 0.717) is 16.3 Å². The van der Waals surface area contributed by atoms with E-state index < -0.39 is 46.9 Å². The summed E-state index contributed by atoms with van der Waals surface area (Å²) in [5.41, 5.74) is 1.10. The highest BCUT2D eigenvalue weighted by atomic mass is 35.5. The molecule has 35 heavy (non-hydrogen) atoms. The Kier molecular flexibility index (Phi) is 4.66. The first-order valence-electron chi connectivity index (χ1n) is 11.3. The molecule has 2 aliphatic heterocycles. The van der Waals surface area contributed by atoms with Crippen LogP contribution in [-0.2, 0) is 14.3 Å². The summed E-state index contributed by atoms with van der Waals surface area (Å²) in [5, 5.41) is 0.490. The average molecular weight is 486 g/mol. The molecule has 0 bridgehead atoms. The van der Waals surface area contributed by atoms with E-state index in [1.807, 2.05) is 19.9 Å². The van der Waals surface area contributed by atoms with Crippen molar-refractivity contribution in [1.82, 2.24) is 0 Å². The maximum Gasteiger partial charge on any atom is 0.241 e. The molecular weight excluding hydrogens is 466 g/mol. The van der Waals surface area contributed by atoms with E-state index in [2.05, 4.69) is 0 Å². The van der Waals surface area contributed by atoms with Gasteiger partial charge in [-0.15, -0.1) is 0 Å². The number of benzene rings is 3. The average Bonchev–Trinajstić information content (AvgIpc) is 3.39. The Labute approximate surface area is 206 Å². The van der Waals surface area contributed by atoms with Crippen LogP contribution >= 0.6 is 11.6 Å². The van der Waals surface area contributed by atoms with Crippen LogP contribution in [0.25, 0.3) is 0 Å². The molecule has 0 N–H and O–H groups in total. The first-order valence-corrected chi connectivity index (χ1v) is 11.7. The summed E-state index contributed by atoms with van der Waals surface area (Å²) in [5.74, 6) is -4.55. The third kappa shape index (κ3) is 2.87. The minimum atomic E-state index is -2.08. The first-order chi connectivity index (χ1) is 16.7. The topological polar surface area (TPSA) is 80.8 Å². The van der Waals surface area contributed by atoms with Crippen molar-refractivity contribution in [1.29, 1.82) is 0 Å². The number of hydrogen-bond donors (Lipinski definition) is 0. The van der Waals surface area contributed by atoms with Gasteiger partial charge in [0.25, 0.3) is 0 Å². The smallest absolute Gasteiger partial charge is 0.241 e. The van der Waals surface area contributed by atoms with Crippen LogP contribution in [0.15, 0.2) is 66.7 Å². The van der Waals surface area contributed by atoms with Crippen molar-refractivity contribution in [3.8, 4) is 0 Å². The Morgan fingerprint density at radius 3 is 1.94 bits per heavy atom. The third-order valence-electron chi connectivity index (χ3n) is 7.18. The highest BCUT2D eigenvalue weighted by Gasteiger charge is 2.74. The Balaban J connectivity index is 1.55. The zero-order chi connectivity index (χ0) is 24.6. The normalized spacial score (nSPS) is 24.4. The minimum Gasteiger partial charge on any atom is -0.349 e. The number of nitrogens with zero attached hydrogens (tertiary/aromatic N) is 1. The van der Waals surface area contributed by atoms with Crippen molar-refractivity contribution >= 4 is 40.7 Å². The standard InChI is InChI=1S/C28H20ClNO5/c1-14-11-15(2)13-18(12-14)30-26(33)21-22(27(30)34)28(35-23(21)16-7-9-17(29)10-8-16)24(31)19-5-3-4-6-20(19)25(28)32/h3-13,21-23H,1-2H3/t21-,22-,23-/m0/s1. The van der Waals surface area contributed by atoms with Crippen LogP contribution in [0.4, 0.5) is 5.69 Å². The number of anilines is 1. The molecule has 2 fully saturated rings. The number of aryl methyl sites for hydroxylation is 2. The molecule has 1 aliphatic carbocycles. The number of ether oxygens (including phenoxy) is 1. The van der Waals surface area contributed by atoms with Gasteiger partial charge in [0, 0.05) is 16.1 Å². The molecule has 6 nitrogen and oxygen atoms in total. The van der Waals surface area contributed by atoms with Crippen molar-refractivity contribution in [2.45, 2.75) is 25.6 Å². The first kappa shape index (κ1) is 21.9. The molecule has 0 unspecified atom stereocenters. The fourth-order valence-electron chi connectivity index (χ4n) is 5.80. The Morgan fingerprint density at radius 1 is 0.800 bits per heavy atom. The van der Waals surface area contributed by atoms with Gasteiger partial charge in [-0.1, -0.05) is 54.1 Å². The molecule has 7 heteroatoms. The van der Waals surface area contributed by atoms with E-state index in [9.17, 15) is 19.2 Å². The zero-order valence-electron chi connectivity index (χ0n) is 18.9. The van der Waals surface area contributed by atoms with E-state index in [0.717, 1.165) is 16.0 Å². The number of imide groups is 1. The van der Waals surface area contributed by atoms with Gasteiger partial charge in [-0.2, -0.15) is 0 Å². The van der Waals surface area contributed by atoms with E-state index in [1.165, 1.54) is 0 Å². The van der Waals surface area contributed by atoms with Gasteiger partial charge in [-0.3, -0.25) is 19.2 Å². The van der Waals surface area contributed by atoms with Gasteiger partial charge in [0.05, 0.1) is 23.6 Å². The van der Waals surface area contributed by atoms with Gasteiger partial charge < -0.3 is 4.74 Å². The molecular formula is C28H20ClNO5. The number of Topliss-reactive ketones (excluding diaryl/α,β-unsaturated/α-hetero) is 2. The fraction of sp³-hybridized carbons (Fsp3) is 0.214. The Morgan fingerprint density at radius 2 is 1.37 bits per heavy atom. The number of ketones is 2. The molecule has 3 aromatic carbocycles. The lowest BCUT2D eigenvalue weighted by Gasteiger charge is -2.27. The van der Waals surface area contributed by atoms with Crippen LogP contribution in [0.2, 0.25) is 5.02 Å². The van der Waals surface area contributed by atoms with Crippen molar-refractivity contribution in [3.05, 3.63) is 99.6 Å². The number of carbonyl (C=O) groups excluding carboxylic acids is 4. The van der Waals surface area contributed by atoms with Crippen molar-refractivity contribution in [3.63, 3.8) is 0 Å². The number of carbonyl (C=O) groups is 4. The van der Waals surface area contributed by atoms with Gasteiger partial charge in [0.1, 0.15) is 0 Å². The summed E-state index contributed by atoms with van der Waals surface area (Å²) < 4.78 is 6.27. The van der Waals surface area contributed by atoms with Crippen LogP contribution in [0, 0.1) is 25.7 Å². The molecule has 2 heterocycles. The Hall–Kier alpha value is -3.61. The quantitative estimate of drug-likeness (QED) is 0.390.